The maximum atomic E-state index is 12.5. The van der Waals surface area contributed by atoms with E-state index in [1.807, 2.05) is 29.2 Å². The van der Waals surface area contributed by atoms with Crippen molar-refractivity contribution in [3.8, 4) is 6.07 Å². The summed E-state index contributed by atoms with van der Waals surface area (Å²) in [5.74, 6) is 0. The van der Waals surface area contributed by atoms with Crippen LogP contribution in [-0.4, -0.2) is 19.6 Å². The number of hydrogen-bond acceptors (Lipinski definition) is 3. The van der Waals surface area contributed by atoms with E-state index in [1.165, 1.54) is 0 Å². The van der Waals surface area contributed by atoms with Crippen molar-refractivity contribution in [3.05, 3.63) is 80.4 Å². The van der Waals surface area contributed by atoms with Gasteiger partial charge in [-0.25, -0.2) is 0 Å². The molecule has 0 amide bonds. The summed E-state index contributed by atoms with van der Waals surface area (Å²) >= 11 is 0.0490. The van der Waals surface area contributed by atoms with E-state index in [2.05, 4.69) is 0 Å². The van der Waals surface area contributed by atoms with Crippen LogP contribution in [0.4, 0.5) is 0 Å². The summed E-state index contributed by atoms with van der Waals surface area (Å²) in [7, 11) is 0. The molecule has 4 heteroatoms. The van der Waals surface area contributed by atoms with Gasteiger partial charge in [-0.2, -0.15) is 0 Å². The Labute approximate surface area is 127 Å². The van der Waals surface area contributed by atoms with E-state index in [9.17, 15) is 9.90 Å². The molecular weight excluding hydrogens is 329 g/mol. The van der Waals surface area contributed by atoms with Gasteiger partial charge in [-0.1, -0.05) is 0 Å². The maximum absolute atomic E-state index is 12.5. The van der Waals surface area contributed by atoms with Crippen LogP contribution in [0.2, 0.25) is 0 Å². The van der Waals surface area contributed by atoms with E-state index in [-0.39, 0.29) is 19.9 Å². The second kappa shape index (κ2) is 5.67. The van der Waals surface area contributed by atoms with Gasteiger partial charge in [0, 0.05) is 0 Å². The van der Waals surface area contributed by atoms with Gasteiger partial charge in [0.25, 0.3) is 0 Å². The fourth-order valence-electron chi connectivity index (χ4n) is 2.20. The van der Waals surface area contributed by atoms with Gasteiger partial charge in [0.1, 0.15) is 0 Å². The molecule has 0 saturated heterocycles. The van der Waals surface area contributed by atoms with Gasteiger partial charge in [0.15, 0.2) is 0 Å². The molecule has 0 spiro atoms. The third-order valence-corrected chi connectivity index (χ3v) is 5.42. The first kappa shape index (κ1) is 13.8. The topological polar surface area (TPSA) is 61.1 Å². The molecule has 0 bridgehead atoms. The molecule has 3 aromatic rings. The van der Waals surface area contributed by atoms with Crippen LogP contribution < -0.4 is 5.43 Å². The van der Waals surface area contributed by atoms with E-state index in [0.29, 0.717) is 22.1 Å². The van der Waals surface area contributed by atoms with Gasteiger partial charge in [0.05, 0.1) is 0 Å². The molecule has 102 valence electrons. The Balaban J connectivity index is 2.09. The van der Waals surface area contributed by atoms with E-state index < -0.39 is 6.10 Å². The Hall–Kier alpha value is -2.18. The summed E-state index contributed by atoms with van der Waals surface area (Å²) in [4.78, 5) is 14.3. The third kappa shape index (κ3) is 2.55. The number of nitriles is 1. The molecule has 1 heterocycles. The fourth-order valence-corrected chi connectivity index (χ4v) is 4.16. The number of rotatable bonds is 2. The summed E-state index contributed by atoms with van der Waals surface area (Å²) in [5.41, 5.74) is 1.47. The molecule has 1 N–H and O–H groups in total. The van der Waals surface area contributed by atoms with Gasteiger partial charge in [0.2, 0.25) is 0 Å². The van der Waals surface area contributed by atoms with Gasteiger partial charge in [-0.15, -0.1) is 0 Å². The first-order valence-electron chi connectivity index (χ1n) is 6.39. The van der Waals surface area contributed by atoms with Crippen molar-refractivity contribution in [2.24, 2.45) is 0 Å². The summed E-state index contributed by atoms with van der Waals surface area (Å²) in [6, 6.07) is 16.2. The predicted octanol–water partition coefficient (Wildman–Crippen LogP) is 2.21. The van der Waals surface area contributed by atoms with Crippen molar-refractivity contribution < 1.29 is 5.11 Å². The molecule has 0 aliphatic carbocycles. The SMILES string of the molecule is N#Cc1ccc(C(O)c2c[se]c3ccccc3c2=O)cc1. The first-order chi connectivity index (χ1) is 10.2. The monoisotopic (exact) mass is 341 g/mol. The van der Waals surface area contributed by atoms with Gasteiger partial charge >= 0.3 is 127 Å². The Morgan fingerprint density at radius 2 is 1.81 bits per heavy atom. The number of aliphatic hydroxyl groups is 1. The van der Waals surface area contributed by atoms with Crippen molar-refractivity contribution in [1.29, 1.82) is 5.26 Å². The molecule has 0 aliphatic heterocycles. The predicted molar refractivity (Wildman–Crippen MR) is 82.4 cm³/mol. The Morgan fingerprint density at radius 1 is 1.10 bits per heavy atom. The summed E-state index contributed by atoms with van der Waals surface area (Å²) in [5, 5.41) is 19.9. The zero-order chi connectivity index (χ0) is 14.8. The Kier molecular flexibility index (Phi) is 3.72. The molecule has 2 aromatic carbocycles. The molecule has 1 unspecified atom stereocenters. The minimum absolute atomic E-state index is 0.0490. The minimum atomic E-state index is -0.944. The molecular formula is C17H11NO2Se. The zero-order valence-electron chi connectivity index (χ0n) is 11.0. The first-order valence-corrected chi connectivity index (χ1v) is 8.24. The van der Waals surface area contributed by atoms with Gasteiger partial charge < -0.3 is 0 Å². The molecule has 1 atom stereocenters. The zero-order valence-corrected chi connectivity index (χ0v) is 12.7. The van der Waals surface area contributed by atoms with E-state index in [4.69, 9.17) is 5.26 Å². The summed E-state index contributed by atoms with van der Waals surface area (Å²) < 4.78 is 1.05. The number of hydrogen-bond donors (Lipinski definition) is 1. The standard InChI is InChI=1S/C17H11NO2Se/c18-9-11-5-7-12(8-6-11)16(19)14-10-21-15-4-2-1-3-13(15)17(14)20/h1-8,10,16,19H. The number of fused-ring (bicyclic) bond motifs is 1. The number of nitrogens with zero attached hydrogens (tertiary/aromatic N) is 1. The van der Waals surface area contributed by atoms with Crippen LogP contribution in [0.5, 0.6) is 0 Å². The second-order valence-electron chi connectivity index (χ2n) is 4.65. The Morgan fingerprint density at radius 3 is 2.52 bits per heavy atom. The van der Waals surface area contributed by atoms with Crippen molar-refractivity contribution >= 4 is 24.1 Å². The van der Waals surface area contributed by atoms with E-state index in [1.54, 1.807) is 30.3 Å². The molecule has 0 aliphatic rings. The van der Waals surface area contributed by atoms with E-state index in [0.717, 1.165) is 4.26 Å². The van der Waals surface area contributed by atoms with Gasteiger partial charge in [-0.05, 0) is 0 Å². The summed E-state index contributed by atoms with van der Waals surface area (Å²) in [6.45, 7) is 0. The molecule has 21 heavy (non-hydrogen) atoms. The van der Waals surface area contributed by atoms with Crippen LogP contribution in [0.15, 0.2) is 58.3 Å². The van der Waals surface area contributed by atoms with Crippen molar-refractivity contribution in [1.82, 2.24) is 0 Å². The van der Waals surface area contributed by atoms with Gasteiger partial charge in [-0.3, -0.25) is 0 Å². The van der Waals surface area contributed by atoms with Crippen LogP contribution >= 0.6 is 0 Å². The number of aliphatic hydroxyl groups excluding tert-OH is 1. The van der Waals surface area contributed by atoms with Crippen LogP contribution in [0.3, 0.4) is 0 Å². The van der Waals surface area contributed by atoms with Crippen LogP contribution in [0.25, 0.3) is 9.65 Å². The summed E-state index contributed by atoms with van der Waals surface area (Å²) in [6.07, 6.45) is -0.944. The quantitative estimate of drug-likeness (QED) is 0.728. The van der Waals surface area contributed by atoms with Crippen LogP contribution in [-0.2, 0) is 0 Å². The molecule has 3 rings (SSSR count). The van der Waals surface area contributed by atoms with Crippen LogP contribution in [0.1, 0.15) is 22.8 Å². The van der Waals surface area contributed by atoms with Crippen molar-refractivity contribution in [2.45, 2.75) is 6.10 Å². The average Bonchev–Trinajstić information content (AvgIpc) is 2.55. The average molecular weight is 340 g/mol. The molecule has 1 aromatic heterocycles. The second-order valence-corrected chi connectivity index (χ2v) is 6.56. The third-order valence-electron chi connectivity index (χ3n) is 3.36. The molecule has 0 fully saturated rings. The fraction of sp³-hybridized carbons (Fsp3) is 0.0588. The molecule has 0 radical (unpaired) electrons. The molecule has 0 saturated carbocycles. The van der Waals surface area contributed by atoms with E-state index >= 15 is 0 Å². The van der Waals surface area contributed by atoms with Crippen molar-refractivity contribution in [2.75, 3.05) is 0 Å². The number of benzene rings is 2. The van der Waals surface area contributed by atoms with Crippen molar-refractivity contribution in [3.63, 3.8) is 0 Å². The van der Waals surface area contributed by atoms with Crippen LogP contribution in [0, 0.1) is 11.3 Å². The normalized spacial score (nSPS) is 12.0. The molecule has 3 nitrogen and oxygen atoms in total. The Bertz CT molecular complexity index is 891.